The zero-order valence-electron chi connectivity index (χ0n) is 8.23. The Bertz CT molecular complexity index is 285. The lowest BCUT2D eigenvalue weighted by Crippen LogP contribution is -2.24. The van der Waals surface area contributed by atoms with Gasteiger partial charge in [0, 0.05) is 6.42 Å². The van der Waals surface area contributed by atoms with Crippen molar-refractivity contribution in [3.63, 3.8) is 0 Å². The minimum Gasteiger partial charge on any atom is -0.0837 e. The van der Waals surface area contributed by atoms with Crippen LogP contribution in [-0.4, -0.2) is 3.79 Å². The fourth-order valence-corrected chi connectivity index (χ4v) is 2.49. The van der Waals surface area contributed by atoms with E-state index >= 15 is 0 Å². The van der Waals surface area contributed by atoms with Crippen LogP contribution in [0.4, 0.5) is 0 Å². The Morgan fingerprint density at radius 2 is 1.50 bits per heavy atom. The Labute approximate surface area is 100 Å². The Morgan fingerprint density at radius 3 is 1.93 bits per heavy atom. The summed E-state index contributed by atoms with van der Waals surface area (Å²) in [7, 11) is 0. The monoisotopic (exact) mass is 250 g/mol. The van der Waals surface area contributed by atoms with E-state index in [1.165, 1.54) is 5.56 Å². The van der Waals surface area contributed by atoms with E-state index in [1.54, 1.807) is 0 Å². The Hall–Kier alpha value is 0.0900. The molecule has 0 amide bonds. The normalized spacial score (nSPS) is 12.9. The Balaban J connectivity index is 2.86. The molecule has 0 N–H and O–H groups in total. The van der Waals surface area contributed by atoms with E-state index in [0.29, 0.717) is 6.42 Å². The zero-order chi connectivity index (χ0) is 10.8. The first-order valence-corrected chi connectivity index (χ1v) is 5.57. The molecule has 0 aliphatic heterocycles. The molecule has 78 valence electrons. The maximum atomic E-state index is 5.80. The molecular weight excluding hydrogens is 238 g/mol. The van der Waals surface area contributed by atoms with Crippen LogP contribution in [0.2, 0.25) is 0 Å². The summed E-state index contributed by atoms with van der Waals surface area (Å²) >= 11 is 17.4. The zero-order valence-corrected chi connectivity index (χ0v) is 10.5. The average Bonchev–Trinajstić information content (AvgIpc) is 2.01. The van der Waals surface area contributed by atoms with Crippen LogP contribution in [0.3, 0.4) is 0 Å². The van der Waals surface area contributed by atoms with Crippen LogP contribution < -0.4 is 0 Å². The van der Waals surface area contributed by atoms with Gasteiger partial charge in [-0.2, -0.15) is 0 Å². The molecule has 0 fully saturated rings. The third-order valence-corrected chi connectivity index (χ3v) is 2.60. The van der Waals surface area contributed by atoms with E-state index in [-0.39, 0.29) is 5.41 Å². The van der Waals surface area contributed by atoms with E-state index < -0.39 is 3.79 Å². The summed E-state index contributed by atoms with van der Waals surface area (Å²) < 4.78 is -1.20. The molecule has 3 heteroatoms. The van der Waals surface area contributed by atoms with Gasteiger partial charge in [0.15, 0.2) is 3.79 Å². The van der Waals surface area contributed by atoms with Gasteiger partial charge >= 0.3 is 0 Å². The quantitative estimate of drug-likeness (QED) is 0.667. The molecule has 0 unspecified atom stereocenters. The number of hydrogen-bond acceptors (Lipinski definition) is 0. The number of alkyl halides is 3. The first-order chi connectivity index (χ1) is 6.31. The summed E-state index contributed by atoms with van der Waals surface area (Å²) in [5, 5.41) is 0. The second-order valence-corrected chi connectivity index (χ2v) is 6.56. The van der Waals surface area contributed by atoms with E-state index in [4.69, 9.17) is 34.8 Å². The first-order valence-electron chi connectivity index (χ1n) is 4.43. The van der Waals surface area contributed by atoms with Gasteiger partial charge in [-0.25, -0.2) is 0 Å². The molecule has 1 aromatic carbocycles. The predicted molar refractivity (Wildman–Crippen MR) is 64.4 cm³/mol. The van der Waals surface area contributed by atoms with E-state index in [1.807, 2.05) is 18.2 Å². The molecule has 0 saturated heterocycles. The standard InChI is InChI=1S/C11H13Cl3/c1-10(2,8-11(12,13)14)9-6-4-3-5-7-9/h3-7H,8H2,1-2H3. The minimum absolute atomic E-state index is 0.119. The van der Waals surface area contributed by atoms with Crippen LogP contribution in [-0.2, 0) is 5.41 Å². The second-order valence-electron chi connectivity index (χ2n) is 4.04. The molecule has 1 aromatic rings. The van der Waals surface area contributed by atoms with Gasteiger partial charge in [-0.05, 0) is 11.0 Å². The van der Waals surface area contributed by atoms with Crippen molar-refractivity contribution in [2.45, 2.75) is 29.5 Å². The SMILES string of the molecule is CC(C)(CC(Cl)(Cl)Cl)c1ccccc1. The highest BCUT2D eigenvalue weighted by Crippen LogP contribution is 2.40. The summed E-state index contributed by atoms with van der Waals surface area (Å²) in [5.41, 5.74) is 1.07. The fraction of sp³-hybridized carbons (Fsp3) is 0.455. The van der Waals surface area contributed by atoms with Crippen LogP contribution in [0.15, 0.2) is 30.3 Å². The molecule has 1 rings (SSSR count). The van der Waals surface area contributed by atoms with Gasteiger partial charge in [-0.3, -0.25) is 0 Å². The molecule has 0 aliphatic rings. The topological polar surface area (TPSA) is 0 Å². The highest BCUT2D eigenvalue weighted by Gasteiger charge is 2.31. The van der Waals surface area contributed by atoms with E-state index in [9.17, 15) is 0 Å². The van der Waals surface area contributed by atoms with Gasteiger partial charge in [0.1, 0.15) is 0 Å². The van der Waals surface area contributed by atoms with E-state index in [2.05, 4.69) is 26.0 Å². The van der Waals surface area contributed by atoms with Crippen molar-refractivity contribution in [2.24, 2.45) is 0 Å². The van der Waals surface area contributed by atoms with E-state index in [0.717, 1.165) is 0 Å². The maximum absolute atomic E-state index is 5.80. The highest BCUT2D eigenvalue weighted by molar-refractivity contribution is 6.67. The molecule has 14 heavy (non-hydrogen) atoms. The molecule has 0 bridgehead atoms. The number of benzene rings is 1. The van der Waals surface area contributed by atoms with Crippen molar-refractivity contribution in [3.8, 4) is 0 Å². The summed E-state index contributed by atoms with van der Waals surface area (Å²) in [6.07, 6.45) is 0.509. The predicted octanol–water partition coefficient (Wildman–Crippen LogP) is 4.72. The van der Waals surface area contributed by atoms with Gasteiger partial charge in [0.25, 0.3) is 0 Å². The summed E-state index contributed by atoms with van der Waals surface area (Å²) in [5.74, 6) is 0. The van der Waals surface area contributed by atoms with Crippen molar-refractivity contribution in [1.29, 1.82) is 0 Å². The lowest BCUT2D eigenvalue weighted by molar-refractivity contribution is 0.486. The molecule has 0 atom stereocenters. The van der Waals surface area contributed by atoms with Crippen molar-refractivity contribution in [3.05, 3.63) is 35.9 Å². The number of hydrogen-bond donors (Lipinski definition) is 0. The van der Waals surface area contributed by atoms with Crippen molar-refractivity contribution >= 4 is 34.8 Å². The molecule has 0 aliphatic carbocycles. The van der Waals surface area contributed by atoms with Gasteiger partial charge in [0.05, 0.1) is 0 Å². The Morgan fingerprint density at radius 1 is 1.00 bits per heavy atom. The smallest absolute Gasteiger partial charge is 0.0837 e. The largest absolute Gasteiger partial charge is 0.191 e. The highest BCUT2D eigenvalue weighted by atomic mass is 35.6. The Kier molecular flexibility index (Phi) is 3.74. The average molecular weight is 252 g/mol. The molecule has 0 spiro atoms. The van der Waals surface area contributed by atoms with Crippen LogP contribution in [0.25, 0.3) is 0 Å². The van der Waals surface area contributed by atoms with Gasteiger partial charge in [0.2, 0.25) is 0 Å². The van der Waals surface area contributed by atoms with Gasteiger partial charge in [-0.15, -0.1) is 0 Å². The lowest BCUT2D eigenvalue weighted by Gasteiger charge is -2.28. The third-order valence-electron chi connectivity index (χ3n) is 2.20. The molecule has 0 radical (unpaired) electrons. The van der Waals surface area contributed by atoms with Gasteiger partial charge in [-0.1, -0.05) is 79.0 Å². The van der Waals surface area contributed by atoms with Crippen LogP contribution in [0.1, 0.15) is 25.8 Å². The summed E-state index contributed by atoms with van der Waals surface area (Å²) in [6.45, 7) is 4.15. The number of halogens is 3. The third kappa shape index (κ3) is 3.68. The lowest BCUT2D eigenvalue weighted by atomic mass is 9.82. The summed E-state index contributed by atoms with van der Waals surface area (Å²) in [4.78, 5) is 0. The molecule has 0 aromatic heterocycles. The van der Waals surface area contributed by atoms with Crippen molar-refractivity contribution in [2.75, 3.05) is 0 Å². The van der Waals surface area contributed by atoms with Gasteiger partial charge < -0.3 is 0 Å². The van der Waals surface area contributed by atoms with Crippen LogP contribution in [0.5, 0.6) is 0 Å². The minimum atomic E-state index is -1.20. The van der Waals surface area contributed by atoms with Crippen molar-refractivity contribution in [1.82, 2.24) is 0 Å². The second kappa shape index (κ2) is 4.30. The first kappa shape index (κ1) is 12.2. The molecular formula is C11H13Cl3. The van der Waals surface area contributed by atoms with Crippen molar-refractivity contribution < 1.29 is 0 Å². The molecule has 0 heterocycles. The van der Waals surface area contributed by atoms with Crippen LogP contribution in [0, 0.1) is 0 Å². The maximum Gasteiger partial charge on any atom is 0.191 e. The number of rotatable bonds is 2. The summed E-state index contributed by atoms with van der Waals surface area (Å²) in [6, 6.07) is 10.1. The molecule has 0 saturated carbocycles. The fourth-order valence-electron chi connectivity index (χ4n) is 1.49. The van der Waals surface area contributed by atoms with Crippen LogP contribution >= 0.6 is 34.8 Å². The molecule has 0 nitrogen and oxygen atoms in total.